The van der Waals surface area contributed by atoms with Crippen LogP contribution in [0.2, 0.25) is 0 Å². The molecule has 0 spiro atoms. The topological polar surface area (TPSA) is 137 Å². The van der Waals surface area contributed by atoms with Crippen LogP contribution in [0.4, 0.5) is 13.2 Å². The Morgan fingerprint density at radius 1 is 0.608 bits per heavy atom. The van der Waals surface area contributed by atoms with Crippen molar-refractivity contribution in [3.05, 3.63) is 101 Å². The van der Waals surface area contributed by atoms with Crippen molar-refractivity contribution >= 4 is 41.6 Å². The van der Waals surface area contributed by atoms with Gasteiger partial charge in [-0.15, -0.1) is 0 Å². The van der Waals surface area contributed by atoms with E-state index in [1.54, 1.807) is 61.5 Å². The summed E-state index contributed by atoms with van der Waals surface area (Å²) in [6.45, 7) is 31.5. The van der Waals surface area contributed by atoms with E-state index in [0.29, 0.717) is 30.1 Å². The van der Waals surface area contributed by atoms with E-state index in [9.17, 15) is 41.9 Å². The molecule has 0 aromatic heterocycles. The largest absolute Gasteiger partial charge is 0.494 e. The maximum atomic E-state index is 12.2. The maximum absolute atomic E-state index is 12.2. The Labute approximate surface area is 532 Å². The molecule has 0 heterocycles. The minimum Gasteiger partial charge on any atom is -0.494 e. The van der Waals surface area contributed by atoms with Crippen molar-refractivity contribution in [2.45, 2.75) is 201 Å². The number of carbonyl (C=O) groups excluding carboxylic acids is 6. The Morgan fingerprint density at radius 2 is 0.987 bits per heavy atom. The van der Waals surface area contributed by atoms with E-state index in [1.165, 1.54) is 77.4 Å². The van der Waals surface area contributed by atoms with Crippen LogP contribution in [-0.2, 0) is 94.1 Å². The predicted octanol–water partition coefficient (Wildman–Crippen LogP) is 18.1. The molecule has 1 fully saturated rings. The molecule has 4 rings (SSSR count). The number of hydrogen-bond acceptors (Lipinski definition) is 9. The van der Waals surface area contributed by atoms with Gasteiger partial charge in [-0.25, -0.2) is 9.59 Å². The minimum absolute atomic E-state index is 0. The number of esters is 2. The first-order valence-corrected chi connectivity index (χ1v) is 24.2. The molecule has 16 heteroatoms. The normalized spacial score (nSPS) is 13.5. The Hall–Kier alpha value is -3.58. The van der Waals surface area contributed by atoms with Crippen LogP contribution in [0, 0.1) is 44.4 Å². The summed E-state index contributed by atoms with van der Waals surface area (Å²) >= 11 is 0. The molecule has 3 aromatic rings. The van der Waals surface area contributed by atoms with Gasteiger partial charge < -0.3 is 14.2 Å². The zero-order chi connectivity index (χ0) is 54.7. The number of amides is 4. The van der Waals surface area contributed by atoms with Gasteiger partial charge in [-0.3, -0.25) is 29.0 Å². The van der Waals surface area contributed by atoms with E-state index in [4.69, 9.17) is 14.2 Å². The second kappa shape index (κ2) is 59.1. The third-order valence-corrected chi connectivity index (χ3v) is 10.8. The fraction of sp³-hybridized carbons (Fsp3) is 0.587. The number of hydrogen-bond donors (Lipinski definition) is 0. The van der Waals surface area contributed by atoms with Gasteiger partial charge >= 0.3 is 18.1 Å². The molecule has 4 atom stereocenters. The van der Waals surface area contributed by atoms with Crippen molar-refractivity contribution in [1.29, 1.82) is 0 Å². The summed E-state index contributed by atoms with van der Waals surface area (Å²) in [5, 5.41) is 0. The van der Waals surface area contributed by atoms with Crippen LogP contribution < -0.4 is 9.47 Å². The fourth-order valence-corrected chi connectivity index (χ4v) is 6.81. The Balaban J connectivity index is -0.0000000779. The molecule has 1 aliphatic rings. The van der Waals surface area contributed by atoms with Crippen LogP contribution in [0.25, 0.3) is 6.08 Å². The molecule has 2 radical (unpaired) electrons. The second-order valence-electron chi connectivity index (χ2n) is 16.5. The summed E-state index contributed by atoms with van der Waals surface area (Å²) in [5.74, 6) is 2.82. The number of halogens is 3. The van der Waals surface area contributed by atoms with Crippen LogP contribution in [-0.4, -0.2) is 78.9 Å². The molecule has 4 unspecified atom stereocenters. The van der Waals surface area contributed by atoms with E-state index in [2.05, 4.69) is 66.7 Å². The summed E-state index contributed by atoms with van der Waals surface area (Å²) in [4.78, 5) is 66.8. The fourth-order valence-electron chi connectivity index (χ4n) is 6.81. The maximum Gasteiger partial charge on any atom is 0.389 e. The first-order valence-electron chi connectivity index (χ1n) is 24.2. The molecule has 0 N–H and O–H groups in total. The molecular formula is C63H113F3N2O9Y2. The van der Waals surface area contributed by atoms with Gasteiger partial charge in [0.25, 0.3) is 0 Å². The molecule has 0 aliphatic heterocycles. The number of ether oxygens (including phenoxy) is 3. The standard InChI is InChI=1S/C23H23F3O5.C10H20.C9H12.2C5H9NO2.2C2H6.7CH4.2Y/c1-2-29-21(27)14-7-17-5-8-18(9-6-17)22(28)31-20-12-10-19(11-13-20)30-16-4-3-15-23(24,25)26;1-5-10-8(3)6-7(2)9(10)4;1-7-4-8(2)6-9(3)5-7;2*1-4(7)6(3)5(2)8;2*1-2;;;;;;;;;/h5-14H,2-4,15-16H2,1H3;7-10H,5-6H2,1-4H3;4-6H,1-3H3;2*1-3H3;2*1-2H3;7*1H4;;/b14-7+;;;;;;;;;;;;;;;. The van der Waals surface area contributed by atoms with Crippen LogP contribution in [0.15, 0.2) is 72.8 Å². The summed E-state index contributed by atoms with van der Waals surface area (Å²) in [6.07, 6.45) is 1.05. The molecule has 79 heavy (non-hydrogen) atoms. The van der Waals surface area contributed by atoms with E-state index in [0.717, 1.165) is 39.0 Å². The molecule has 3 aromatic carbocycles. The van der Waals surface area contributed by atoms with Gasteiger partial charge in [-0.1, -0.05) is 161 Å². The number of unbranched alkanes of at least 4 members (excludes halogenated alkanes) is 1. The van der Waals surface area contributed by atoms with Crippen molar-refractivity contribution < 1.29 is 122 Å². The van der Waals surface area contributed by atoms with E-state index < -0.39 is 24.5 Å². The van der Waals surface area contributed by atoms with Crippen LogP contribution in [0.5, 0.6) is 11.5 Å². The Bertz CT molecular complexity index is 1910. The zero-order valence-corrected chi connectivity index (χ0v) is 52.3. The quantitative estimate of drug-likeness (QED) is 0.0795. The number of benzene rings is 3. The van der Waals surface area contributed by atoms with Gasteiger partial charge in [-0.05, 0) is 119 Å². The van der Waals surface area contributed by atoms with Crippen molar-refractivity contribution in [1.82, 2.24) is 9.80 Å². The van der Waals surface area contributed by atoms with Crippen LogP contribution in [0.1, 0.15) is 207 Å². The third kappa shape index (κ3) is 51.1. The Kier molecular flexibility index (Phi) is 77.6. The molecule has 11 nitrogen and oxygen atoms in total. The van der Waals surface area contributed by atoms with Gasteiger partial charge in [0.15, 0.2) is 0 Å². The first kappa shape index (κ1) is 104. The molecule has 456 valence electrons. The number of imide groups is 2. The van der Waals surface area contributed by atoms with E-state index in [1.807, 2.05) is 27.7 Å². The Morgan fingerprint density at radius 3 is 1.28 bits per heavy atom. The molecule has 4 amide bonds. The van der Waals surface area contributed by atoms with Crippen molar-refractivity contribution in [3.63, 3.8) is 0 Å². The average molecular weight is 1280 g/mol. The number of aryl methyl sites for hydroxylation is 3. The minimum atomic E-state index is -4.15. The van der Waals surface area contributed by atoms with Gasteiger partial charge in [-0.2, -0.15) is 13.2 Å². The summed E-state index contributed by atoms with van der Waals surface area (Å²) in [5.41, 5.74) is 5.12. The van der Waals surface area contributed by atoms with E-state index in [-0.39, 0.29) is 154 Å². The van der Waals surface area contributed by atoms with Gasteiger partial charge in [0.1, 0.15) is 11.5 Å². The molecule has 0 bridgehead atoms. The monoisotopic (exact) mass is 1280 g/mol. The van der Waals surface area contributed by atoms with Gasteiger partial charge in [0.05, 0.1) is 18.8 Å². The van der Waals surface area contributed by atoms with Gasteiger partial charge in [0, 0.05) is 120 Å². The zero-order valence-electron chi connectivity index (χ0n) is 46.6. The van der Waals surface area contributed by atoms with Crippen LogP contribution in [0.3, 0.4) is 0 Å². The summed E-state index contributed by atoms with van der Waals surface area (Å²) in [6, 6.07) is 19.3. The predicted molar refractivity (Wildman–Crippen MR) is 324 cm³/mol. The molecule has 0 saturated heterocycles. The average Bonchev–Trinajstić information content (AvgIpc) is 3.55. The molecular weight excluding hydrogens is 1160 g/mol. The van der Waals surface area contributed by atoms with E-state index >= 15 is 0 Å². The SMILES string of the molecule is C.C.C.C.C.C.C.CC.CC.CC(=O)N(C)C(C)=O.CC(=O)N(C)C(C)=O.CCC1C(C)CC(C)C1C.CCOC(=O)/C=C/c1ccc(C(=O)Oc2ccc(OCCCCC(F)(F)F)cc2)cc1.Cc1cc(C)cc(C)c1.[Y].[Y]. The van der Waals surface area contributed by atoms with Crippen molar-refractivity contribution in [2.75, 3.05) is 27.3 Å². The second-order valence-corrected chi connectivity index (χ2v) is 16.5. The number of rotatable bonds is 11. The van der Waals surface area contributed by atoms with Crippen molar-refractivity contribution in [2.24, 2.45) is 23.7 Å². The number of nitrogens with zero attached hydrogens (tertiary/aromatic N) is 2. The summed E-state index contributed by atoms with van der Waals surface area (Å²) < 4.78 is 51.7. The first-order chi connectivity index (χ1) is 32.7. The van der Waals surface area contributed by atoms with Crippen LogP contribution >= 0.6 is 0 Å². The van der Waals surface area contributed by atoms with Crippen molar-refractivity contribution in [3.8, 4) is 11.5 Å². The molecule has 1 aliphatic carbocycles. The molecule has 1 saturated carbocycles. The number of alkyl halides is 3. The summed E-state index contributed by atoms with van der Waals surface area (Å²) in [7, 11) is 2.90. The smallest absolute Gasteiger partial charge is 0.389 e. The van der Waals surface area contributed by atoms with Gasteiger partial charge in [0.2, 0.25) is 23.6 Å². The third-order valence-electron chi connectivity index (χ3n) is 10.8. The number of carbonyl (C=O) groups is 6.